The van der Waals surface area contributed by atoms with Crippen LogP contribution in [0.1, 0.15) is 33.6 Å². The average molecular weight is 433 g/mol. The van der Waals surface area contributed by atoms with Crippen LogP contribution in [-0.2, 0) is 14.3 Å². The zero-order valence-electron chi connectivity index (χ0n) is 16.6. The number of piperidine rings is 1. The average Bonchev–Trinajstić information content (AvgIpc) is 2.78. The van der Waals surface area contributed by atoms with Crippen molar-refractivity contribution in [3.63, 3.8) is 0 Å². The summed E-state index contributed by atoms with van der Waals surface area (Å²) in [6.07, 6.45) is 1.50. The monoisotopic (exact) mass is 432 g/mol. The molecule has 0 unspecified atom stereocenters. The van der Waals surface area contributed by atoms with Crippen molar-refractivity contribution in [2.75, 3.05) is 37.5 Å². The molecule has 1 fully saturated rings. The van der Waals surface area contributed by atoms with E-state index in [0.29, 0.717) is 29.6 Å². The number of rotatable bonds is 5. The fourth-order valence-corrected chi connectivity index (χ4v) is 3.39. The van der Waals surface area contributed by atoms with Crippen molar-refractivity contribution in [1.82, 2.24) is 10.2 Å². The summed E-state index contributed by atoms with van der Waals surface area (Å²) in [6.45, 7) is 1.22. The molecule has 2 aromatic rings. The van der Waals surface area contributed by atoms with Crippen LogP contribution in [0.3, 0.4) is 0 Å². The first kappa shape index (κ1) is 21.5. The predicted octanol–water partition coefficient (Wildman–Crippen LogP) is 2.56. The summed E-state index contributed by atoms with van der Waals surface area (Å²) < 4.78 is 9.44. The normalized spacial score (nSPS) is 16.0. The molecule has 1 aliphatic rings. The largest absolute Gasteiger partial charge is 0.465 e. The molecule has 1 N–H and O–H groups in total. The van der Waals surface area contributed by atoms with Crippen molar-refractivity contribution in [3.05, 3.63) is 46.6 Å². The van der Waals surface area contributed by atoms with Gasteiger partial charge in [-0.05, 0) is 43.2 Å². The lowest BCUT2D eigenvalue weighted by atomic mass is 9.97. The fourth-order valence-electron chi connectivity index (χ4n) is 3.29. The maximum atomic E-state index is 12.9. The van der Waals surface area contributed by atoms with Gasteiger partial charge in [-0.1, -0.05) is 11.6 Å². The van der Waals surface area contributed by atoms with Crippen LogP contribution < -0.4 is 10.2 Å². The van der Waals surface area contributed by atoms with Gasteiger partial charge in [-0.25, -0.2) is 9.59 Å². The van der Waals surface area contributed by atoms with Gasteiger partial charge in [0.05, 0.1) is 31.3 Å². The van der Waals surface area contributed by atoms with Crippen molar-refractivity contribution >= 4 is 41.0 Å². The topological polar surface area (TPSA) is 111 Å². The van der Waals surface area contributed by atoms with Gasteiger partial charge in [0.2, 0.25) is 5.91 Å². The first-order chi connectivity index (χ1) is 14.4. The first-order valence-electron chi connectivity index (χ1n) is 9.28. The molecule has 0 radical (unpaired) electrons. The molecule has 0 bridgehead atoms. The molecule has 1 atom stereocenters. The molecular formula is C20H21ClN4O5. The van der Waals surface area contributed by atoms with Crippen molar-refractivity contribution in [2.24, 2.45) is 5.92 Å². The van der Waals surface area contributed by atoms with Gasteiger partial charge < -0.3 is 19.7 Å². The Kier molecular flexibility index (Phi) is 6.83. The number of ether oxygens (including phenoxy) is 2. The highest BCUT2D eigenvalue weighted by atomic mass is 35.5. The highest BCUT2D eigenvalue weighted by molar-refractivity contribution is 6.29. The van der Waals surface area contributed by atoms with Crippen LogP contribution >= 0.6 is 11.6 Å². The van der Waals surface area contributed by atoms with Crippen LogP contribution in [0.5, 0.6) is 0 Å². The Morgan fingerprint density at radius 2 is 1.73 bits per heavy atom. The van der Waals surface area contributed by atoms with Gasteiger partial charge in [0.15, 0.2) is 11.0 Å². The fraction of sp³-hybridized carbons (Fsp3) is 0.350. The summed E-state index contributed by atoms with van der Waals surface area (Å²) in [5.74, 6) is -1.13. The number of benzene rings is 1. The Morgan fingerprint density at radius 3 is 2.30 bits per heavy atom. The third kappa shape index (κ3) is 5.04. The highest BCUT2D eigenvalue weighted by Gasteiger charge is 2.27. The zero-order chi connectivity index (χ0) is 21.7. The minimum atomic E-state index is -0.624. The van der Waals surface area contributed by atoms with E-state index in [2.05, 4.69) is 15.5 Å². The first-order valence-corrected chi connectivity index (χ1v) is 9.66. The second-order valence-corrected chi connectivity index (χ2v) is 7.16. The number of halogens is 1. The molecular weight excluding hydrogens is 412 g/mol. The Labute approximate surface area is 178 Å². The molecule has 1 amide bonds. The molecule has 2 heterocycles. The van der Waals surface area contributed by atoms with E-state index in [1.807, 2.05) is 4.90 Å². The van der Waals surface area contributed by atoms with E-state index in [-0.39, 0.29) is 23.0 Å². The number of esters is 2. The van der Waals surface area contributed by atoms with Gasteiger partial charge >= 0.3 is 11.9 Å². The summed E-state index contributed by atoms with van der Waals surface area (Å²) in [6, 6.07) is 7.69. The van der Waals surface area contributed by atoms with Gasteiger partial charge in [0.25, 0.3) is 0 Å². The van der Waals surface area contributed by atoms with E-state index in [1.54, 1.807) is 12.1 Å². The second kappa shape index (κ2) is 9.53. The van der Waals surface area contributed by atoms with Crippen LogP contribution in [0.4, 0.5) is 11.5 Å². The molecule has 1 aliphatic heterocycles. The molecule has 30 heavy (non-hydrogen) atoms. The van der Waals surface area contributed by atoms with E-state index in [4.69, 9.17) is 21.1 Å². The van der Waals surface area contributed by atoms with Crippen molar-refractivity contribution < 1.29 is 23.9 Å². The number of hydrogen-bond acceptors (Lipinski definition) is 8. The Morgan fingerprint density at radius 1 is 1.07 bits per heavy atom. The lowest BCUT2D eigenvalue weighted by Gasteiger charge is -2.32. The molecule has 1 aromatic carbocycles. The number of methoxy groups -OCH3 is 2. The SMILES string of the molecule is COC(=O)c1cc(NC(=O)[C@H]2CCCN(c3ccc(Cl)nn3)C2)cc(C(=O)OC)c1. The molecule has 9 nitrogen and oxygen atoms in total. The lowest BCUT2D eigenvalue weighted by Crippen LogP contribution is -2.41. The third-order valence-corrected chi connectivity index (χ3v) is 4.98. The van der Waals surface area contributed by atoms with E-state index in [1.165, 1.54) is 32.4 Å². The number of carbonyl (C=O) groups excluding carboxylic acids is 3. The number of anilines is 2. The summed E-state index contributed by atoms with van der Waals surface area (Å²) in [5, 5.41) is 11.0. The van der Waals surface area contributed by atoms with Gasteiger partial charge in [-0.3, -0.25) is 4.79 Å². The second-order valence-electron chi connectivity index (χ2n) is 6.77. The third-order valence-electron chi connectivity index (χ3n) is 4.78. The number of hydrogen-bond donors (Lipinski definition) is 1. The number of amides is 1. The summed E-state index contributed by atoms with van der Waals surface area (Å²) in [4.78, 5) is 38.7. The molecule has 1 saturated heterocycles. The van der Waals surface area contributed by atoms with Crippen LogP contribution in [-0.4, -0.2) is 55.4 Å². The summed E-state index contributed by atoms with van der Waals surface area (Å²) in [5.41, 5.74) is 0.585. The number of nitrogens with zero attached hydrogens (tertiary/aromatic N) is 3. The van der Waals surface area contributed by atoms with E-state index < -0.39 is 11.9 Å². The summed E-state index contributed by atoms with van der Waals surface area (Å²) >= 11 is 5.79. The minimum Gasteiger partial charge on any atom is -0.465 e. The molecule has 1 aromatic heterocycles. The number of aromatic nitrogens is 2. The van der Waals surface area contributed by atoms with Crippen molar-refractivity contribution in [1.29, 1.82) is 0 Å². The molecule has 0 saturated carbocycles. The highest BCUT2D eigenvalue weighted by Crippen LogP contribution is 2.24. The molecule has 10 heteroatoms. The van der Waals surface area contributed by atoms with E-state index in [9.17, 15) is 14.4 Å². The Bertz CT molecular complexity index is 916. The Balaban J connectivity index is 1.76. The predicted molar refractivity (Wildman–Crippen MR) is 110 cm³/mol. The summed E-state index contributed by atoms with van der Waals surface area (Å²) in [7, 11) is 2.48. The molecule has 0 spiro atoms. The van der Waals surface area contributed by atoms with Crippen LogP contribution in [0.2, 0.25) is 5.15 Å². The zero-order valence-corrected chi connectivity index (χ0v) is 17.3. The molecule has 158 valence electrons. The number of carbonyl (C=O) groups is 3. The van der Waals surface area contributed by atoms with Gasteiger partial charge in [-0.15, -0.1) is 10.2 Å². The number of nitrogens with one attached hydrogen (secondary N) is 1. The molecule has 0 aliphatic carbocycles. The van der Waals surface area contributed by atoms with E-state index in [0.717, 1.165) is 13.0 Å². The van der Waals surface area contributed by atoms with Crippen molar-refractivity contribution in [3.8, 4) is 0 Å². The molecule has 3 rings (SSSR count). The quantitative estimate of drug-likeness (QED) is 0.717. The standard InChI is InChI=1S/C20H21ClN4O5/c1-29-19(27)13-8-14(20(28)30-2)10-15(9-13)22-18(26)12-4-3-7-25(11-12)17-6-5-16(21)23-24-17/h5-6,8-10,12H,3-4,7,11H2,1-2H3,(H,22,26)/t12-/m0/s1. The Hall–Kier alpha value is -3.20. The maximum absolute atomic E-state index is 12.9. The van der Waals surface area contributed by atoms with Crippen molar-refractivity contribution in [2.45, 2.75) is 12.8 Å². The van der Waals surface area contributed by atoms with E-state index >= 15 is 0 Å². The maximum Gasteiger partial charge on any atom is 0.337 e. The minimum absolute atomic E-state index is 0.136. The van der Waals surface area contributed by atoms with Crippen LogP contribution in [0.25, 0.3) is 0 Å². The van der Waals surface area contributed by atoms with Gasteiger partial charge in [-0.2, -0.15) is 0 Å². The van der Waals surface area contributed by atoms with Gasteiger partial charge in [0, 0.05) is 18.8 Å². The van der Waals surface area contributed by atoms with Crippen LogP contribution in [0, 0.1) is 5.92 Å². The van der Waals surface area contributed by atoms with Crippen LogP contribution in [0.15, 0.2) is 30.3 Å². The lowest BCUT2D eigenvalue weighted by molar-refractivity contribution is -0.120. The van der Waals surface area contributed by atoms with Gasteiger partial charge in [0.1, 0.15) is 0 Å². The smallest absolute Gasteiger partial charge is 0.337 e.